The van der Waals surface area contributed by atoms with Crippen molar-refractivity contribution in [1.29, 1.82) is 0 Å². The molecule has 0 bridgehead atoms. The van der Waals surface area contributed by atoms with E-state index in [-0.39, 0.29) is 18.0 Å². The highest BCUT2D eigenvalue weighted by molar-refractivity contribution is 5.71. The van der Waals surface area contributed by atoms with Crippen molar-refractivity contribution in [3.05, 3.63) is 11.6 Å². The van der Waals surface area contributed by atoms with Gasteiger partial charge in [-0.1, -0.05) is 19.9 Å². The summed E-state index contributed by atoms with van der Waals surface area (Å²) in [5.74, 6) is 0.0362. The minimum absolute atomic E-state index is 0.0699. The van der Waals surface area contributed by atoms with E-state index in [0.717, 1.165) is 19.3 Å². The Bertz CT molecular complexity index is 388. The van der Waals surface area contributed by atoms with E-state index >= 15 is 0 Å². The van der Waals surface area contributed by atoms with Crippen LogP contribution in [0.3, 0.4) is 0 Å². The van der Waals surface area contributed by atoms with Gasteiger partial charge in [0.05, 0.1) is 30.8 Å². The van der Waals surface area contributed by atoms with Crippen LogP contribution < -0.4 is 0 Å². The normalized spacial score (nSPS) is 30.8. The minimum Gasteiger partial charge on any atom is -0.469 e. The molecule has 5 unspecified atom stereocenters. The molecule has 0 radical (unpaired) electrons. The van der Waals surface area contributed by atoms with E-state index in [1.807, 2.05) is 13.8 Å². The largest absolute Gasteiger partial charge is 0.469 e. The zero-order chi connectivity index (χ0) is 16.2. The molecule has 0 aromatic heterocycles. The molecule has 4 nitrogen and oxygen atoms in total. The van der Waals surface area contributed by atoms with Crippen molar-refractivity contribution in [1.82, 2.24) is 0 Å². The highest BCUT2D eigenvalue weighted by Gasteiger charge is 2.40. The van der Waals surface area contributed by atoms with Gasteiger partial charge in [-0.3, -0.25) is 4.79 Å². The van der Waals surface area contributed by atoms with Gasteiger partial charge < -0.3 is 14.6 Å². The summed E-state index contributed by atoms with van der Waals surface area (Å²) in [7, 11) is 1.42. The third-order valence-electron chi connectivity index (χ3n) is 4.58. The van der Waals surface area contributed by atoms with Gasteiger partial charge in [-0.05, 0) is 51.5 Å². The van der Waals surface area contributed by atoms with Crippen LogP contribution in [0.15, 0.2) is 11.6 Å². The summed E-state index contributed by atoms with van der Waals surface area (Å²) in [6.07, 6.45) is 4.35. The molecule has 1 aliphatic rings. The molecule has 1 saturated heterocycles. The molecule has 0 aromatic carbocycles. The molecule has 0 aliphatic carbocycles. The van der Waals surface area contributed by atoms with Crippen molar-refractivity contribution in [2.24, 2.45) is 11.8 Å². The Morgan fingerprint density at radius 1 is 1.48 bits per heavy atom. The first-order valence-corrected chi connectivity index (χ1v) is 7.81. The zero-order valence-corrected chi connectivity index (χ0v) is 14.2. The number of hydrogen-bond donors (Lipinski definition) is 1. The van der Waals surface area contributed by atoms with Gasteiger partial charge in [0.1, 0.15) is 0 Å². The van der Waals surface area contributed by atoms with E-state index in [9.17, 15) is 9.90 Å². The van der Waals surface area contributed by atoms with Gasteiger partial charge in [-0.25, -0.2) is 0 Å². The maximum Gasteiger partial charge on any atom is 0.308 e. The van der Waals surface area contributed by atoms with E-state index in [4.69, 9.17) is 9.47 Å². The fourth-order valence-corrected chi connectivity index (χ4v) is 2.97. The number of ether oxygens (including phenoxy) is 2. The van der Waals surface area contributed by atoms with Crippen LogP contribution in [-0.4, -0.2) is 36.0 Å². The quantitative estimate of drug-likeness (QED) is 0.605. The molecule has 0 amide bonds. The lowest BCUT2D eigenvalue weighted by molar-refractivity contribution is -0.145. The van der Waals surface area contributed by atoms with Gasteiger partial charge in [0.2, 0.25) is 0 Å². The smallest absolute Gasteiger partial charge is 0.308 e. The molecule has 1 N–H and O–H groups in total. The summed E-state index contributed by atoms with van der Waals surface area (Å²) < 4.78 is 10.8. The Kier molecular flexibility index (Phi) is 6.41. The van der Waals surface area contributed by atoms with Gasteiger partial charge in [0, 0.05) is 0 Å². The number of carbonyl (C=O) groups is 1. The predicted molar refractivity (Wildman–Crippen MR) is 82.9 cm³/mol. The fraction of sp³-hybridized carbons (Fsp3) is 0.824. The molecule has 5 atom stereocenters. The Morgan fingerprint density at radius 2 is 2.10 bits per heavy atom. The van der Waals surface area contributed by atoms with Crippen LogP contribution in [0.1, 0.15) is 53.9 Å². The molecule has 4 heteroatoms. The lowest BCUT2D eigenvalue weighted by Gasteiger charge is -2.28. The zero-order valence-electron chi connectivity index (χ0n) is 14.2. The summed E-state index contributed by atoms with van der Waals surface area (Å²) in [6, 6.07) is 0. The molecule has 0 saturated carbocycles. The van der Waals surface area contributed by atoms with Gasteiger partial charge in [-0.15, -0.1) is 0 Å². The number of carbonyl (C=O) groups excluding carboxylic acids is 1. The lowest BCUT2D eigenvalue weighted by atomic mass is 9.93. The Morgan fingerprint density at radius 3 is 2.57 bits per heavy atom. The van der Waals surface area contributed by atoms with Crippen LogP contribution >= 0.6 is 0 Å². The van der Waals surface area contributed by atoms with E-state index in [1.54, 1.807) is 6.92 Å². The first kappa shape index (κ1) is 18.2. The monoisotopic (exact) mass is 298 g/mol. The maximum absolute atomic E-state index is 11.5. The summed E-state index contributed by atoms with van der Waals surface area (Å²) in [4.78, 5) is 11.5. The standard InChI is InChI=1S/C17H30O4/c1-11(10-13(3)16(19)20-6)9-12(2)15-7-8-17(5,21-15)14(4)18/h9,11,13-15,18H,7-8,10H2,1-6H3. The molecule has 1 rings (SSSR count). The van der Waals surface area contributed by atoms with Crippen LogP contribution in [0, 0.1) is 11.8 Å². The van der Waals surface area contributed by atoms with Crippen molar-refractivity contribution in [2.45, 2.75) is 71.7 Å². The molecule has 1 heterocycles. The summed E-state index contributed by atoms with van der Waals surface area (Å²) in [5.41, 5.74) is 0.742. The second-order valence-corrected chi connectivity index (χ2v) is 6.68. The number of aliphatic hydroxyl groups excluding tert-OH is 1. The van der Waals surface area contributed by atoms with Gasteiger partial charge in [-0.2, -0.15) is 0 Å². The van der Waals surface area contributed by atoms with Crippen molar-refractivity contribution in [3.8, 4) is 0 Å². The first-order chi connectivity index (χ1) is 9.69. The molecular formula is C17H30O4. The number of aliphatic hydroxyl groups is 1. The van der Waals surface area contributed by atoms with Crippen LogP contribution in [-0.2, 0) is 14.3 Å². The topological polar surface area (TPSA) is 55.8 Å². The van der Waals surface area contributed by atoms with Crippen LogP contribution in [0.25, 0.3) is 0 Å². The highest BCUT2D eigenvalue weighted by Crippen LogP contribution is 2.36. The molecule has 21 heavy (non-hydrogen) atoms. The third-order valence-corrected chi connectivity index (χ3v) is 4.58. The third kappa shape index (κ3) is 4.82. The van der Waals surface area contributed by atoms with Crippen molar-refractivity contribution in [3.63, 3.8) is 0 Å². The Hall–Kier alpha value is -0.870. The Balaban J connectivity index is 2.59. The maximum atomic E-state index is 11.5. The van der Waals surface area contributed by atoms with Crippen molar-refractivity contribution >= 4 is 5.97 Å². The molecule has 0 spiro atoms. The highest BCUT2D eigenvalue weighted by atomic mass is 16.5. The van der Waals surface area contributed by atoms with Gasteiger partial charge in [0.25, 0.3) is 0 Å². The average molecular weight is 298 g/mol. The second-order valence-electron chi connectivity index (χ2n) is 6.68. The molecule has 122 valence electrons. The van der Waals surface area contributed by atoms with E-state index < -0.39 is 11.7 Å². The Labute approximate surface area is 128 Å². The SMILES string of the molecule is COC(=O)C(C)CC(C)C=C(C)C1CCC(C)(C(C)O)O1. The summed E-state index contributed by atoms with van der Waals surface area (Å²) >= 11 is 0. The lowest BCUT2D eigenvalue weighted by Crippen LogP contribution is -2.37. The molecule has 0 aromatic rings. The fourth-order valence-electron chi connectivity index (χ4n) is 2.97. The minimum atomic E-state index is -0.466. The van der Waals surface area contributed by atoms with Gasteiger partial charge in [0.15, 0.2) is 0 Å². The second kappa shape index (κ2) is 7.41. The first-order valence-electron chi connectivity index (χ1n) is 7.81. The van der Waals surface area contributed by atoms with Gasteiger partial charge >= 0.3 is 5.97 Å². The number of allylic oxidation sites excluding steroid dienone is 1. The van der Waals surface area contributed by atoms with Crippen LogP contribution in [0.2, 0.25) is 0 Å². The number of hydrogen-bond acceptors (Lipinski definition) is 4. The van der Waals surface area contributed by atoms with E-state index in [1.165, 1.54) is 12.7 Å². The molecule has 1 fully saturated rings. The van der Waals surface area contributed by atoms with E-state index in [0.29, 0.717) is 5.92 Å². The number of methoxy groups -OCH3 is 1. The summed E-state index contributed by atoms with van der Waals surface area (Å²) in [6.45, 7) is 9.81. The van der Waals surface area contributed by atoms with Crippen molar-refractivity contribution in [2.75, 3.05) is 7.11 Å². The molecular weight excluding hydrogens is 268 g/mol. The predicted octanol–water partition coefficient (Wildman–Crippen LogP) is 3.09. The number of esters is 1. The van der Waals surface area contributed by atoms with Crippen LogP contribution in [0.4, 0.5) is 0 Å². The molecule has 1 aliphatic heterocycles. The number of rotatable bonds is 6. The van der Waals surface area contributed by atoms with Crippen LogP contribution in [0.5, 0.6) is 0 Å². The average Bonchev–Trinajstić information content (AvgIpc) is 2.81. The summed E-state index contributed by atoms with van der Waals surface area (Å²) in [5, 5.41) is 9.80. The van der Waals surface area contributed by atoms with E-state index in [2.05, 4.69) is 19.9 Å². The van der Waals surface area contributed by atoms with Crippen molar-refractivity contribution < 1.29 is 19.4 Å².